The number of rotatable bonds is 9. The van der Waals surface area contributed by atoms with E-state index in [2.05, 4.69) is 21.2 Å². The zero-order chi connectivity index (χ0) is 20.5. The molecule has 2 heterocycles. The van der Waals surface area contributed by atoms with Crippen molar-refractivity contribution in [2.45, 2.75) is 25.8 Å². The smallest absolute Gasteiger partial charge is 0.223 e. The minimum Gasteiger partial charge on any atom is -0.493 e. The van der Waals surface area contributed by atoms with Crippen LogP contribution in [0.25, 0.3) is 0 Å². The molecule has 0 spiro atoms. The van der Waals surface area contributed by atoms with Crippen LogP contribution < -0.4 is 14.8 Å². The molecule has 0 saturated carbocycles. The first-order valence-corrected chi connectivity index (χ1v) is 10.7. The molecule has 7 heteroatoms. The van der Waals surface area contributed by atoms with Crippen molar-refractivity contribution in [1.82, 2.24) is 15.1 Å². The molecule has 0 unspecified atom stereocenters. The van der Waals surface area contributed by atoms with Gasteiger partial charge in [0, 0.05) is 37.7 Å². The van der Waals surface area contributed by atoms with Crippen molar-refractivity contribution in [2.24, 2.45) is 5.92 Å². The summed E-state index contributed by atoms with van der Waals surface area (Å²) in [5.41, 5.74) is 1.12. The Bertz CT molecular complexity index is 641. The first-order chi connectivity index (χ1) is 14.2. The van der Waals surface area contributed by atoms with Crippen LogP contribution in [0.1, 0.15) is 24.8 Å². The number of piperidine rings is 1. The maximum atomic E-state index is 12.5. The fraction of sp³-hybridized carbons (Fsp3) is 0.682. The number of carbonyl (C=O) groups is 1. The van der Waals surface area contributed by atoms with E-state index in [0.717, 1.165) is 95.4 Å². The van der Waals surface area contributed by atoms with Gasteiger partial charge in [0.25, 0.3) is 0 Å². The van der Waals surface area contributed by atoms with E-state index in [4.69, 9.17) is 14.2 Å². The highest BCUT2D eigenvalue weighted by Crippen LogP contribution is 2.32. The highest BCUT2D eigenvalue weighted by molar-refractivity contribution is 5.78. The average Bonchev–Trinajstić information content (AvgIpc) is 2.77. The maximum absolute atomic E-state index is 12.5. The van der Waals surface area contributed by atoms with Crippen LogP contribution in [0.3, 0.4) is 0 Å². The SMILES string of the molecule is COc1cccc(CN2CCC(C(=O)NCCCN3CCOCC3)CC2)c1OC. The van der Waals surface area contributed by atoms with Crippen molar-refractivity contribution in [3.05, 3.63) is 23.8 Å². The number of para-hydroxylation sites is 1. The van der Waals surface area contributed by atoms with E-state index in [0.29, 0.717) is 0 Å². The van der Waals surface area contributed by atoms with Crippen LogP contribution in [-0.2, 0) is 16.1 Å². The minimum atomic E-state index is 0.127. The van der Waals surface area contributed by atoms with Gasteiger partial charge in [0.2, 0.25) is 5.91 Å². The molecule has 0 aliphatic carbocycles. The largest absolute Gasteiger partial charge is 0.493 e. The Labute approximate surface area is 174 Å². The number of amides is 1. The summed E-state index contributed by atoms with van der Waals surface area (Å²) in [7, 11) is 3.34. The van der Waals surface area contributed by atoms with Gasteiger partial charge in [-0.05, 0) is 45.0 Å². The third-order valence-corrected chi connectivity index (χ3v) is 5.89. The summed E-state index contributed by atoms with van der Waals surface area (Å²) in [5, 5.41) is 3.14. The minimum absolute atomic E-state index is 0.127. The number of nitrogens with one attached hydrogen (secondary N) is 1. The van der Waals surface area contributed by atoms with Crippen molar-refractivity contribution in [3.8, 4) is 11.5 Å². The molecule has 7 nitrogen and oxygen atoms in total. The van der Waals surface area contributed by atoms with E-state index in [1.807, 2.05) is 12.1 Å². The Morgan fingerprint density at radius 2 is 1.86 bits per heavy atom. The quantitative estimate of drug-likeness (QED) is 0.632. The lowest BCUT2D eigenvalue weighted by molar-refractivity contribution is -0.126. The fourth-order valence-corrected chi connectivity index (χ4v) is 4.16. The lowest BCUT2D eigenvalue weighted by Gasteiger charge is -2.32. The standard InChI is InChI=1S/C22H35N3O4/c1-27-20-6-3-5-19(21(20)28-2)17-25-11-7-18(8-12-25)22(26)23-9-4-10-24-13-15-29-16-14-24/h3,5-6,18H,4,7-17H2,1-2H3,(H,23,26). The van der Waals surface area contributed by atoms with E-state index in [9.17, 15) is 4.79 Å². The van der Waals surface area contributed by atoms with E-state index in [1.165, 1.54) is 0 Å². The van der Waals surface area contributed by atoms with Gasteiger partial charge in [-0.1, -0.05) is 12.1 Å². The molecular weight excluding hydrogens is 370 g/mol. The van der Waals surface area contributed by atoms with Crippen LogP contribution in [0.4, 0.5) is 0 Å². The number of hydrogen-bond acceptors (Lipinski definition) is 6. The Balaban J connectivity index is 1.37. The highest BCUT2D eigenvalue weighted by atomic mass is 16.5. The van der Waals surface area contributed by atoms with Crippen LogP contribution in [0.2, 0.25) is 0 Å². The second kappa shape index (κ2) is 11.4. The van der Waals surface area contributed by atoms with Gasteiger partial charge in [-0.3, -0.25) is 14.6 Å². The first kappa shape index (κ1) is 21.9. The second-order valence-electron chi connectivity index (χ2n) is 7.80. The summed E-state index contributed by atoms with van der Waals surface area (Å²) in [6.45, 7) is 8.11. The molecule has 0 atom stereocenters. The molecule has 0 bridgehead atoms. The molecule has 1 aromatic carbocycles. The molecule has 162 valence electrons. The molecule has 2 aliphatic rings. The third-order valence-electron chi connectivity index (χ3n) is 5.89. The maximum Gasteiger partial charge on any atom is 0.223 e. The number of methoxy groups -OCH3 is 2. The van der Waals surface area contributed by atoms with Gasteiger partial charge in [0.15, 0.2) is 11.5 Å². The van der Waals surface area contributed by atoms with E-state index in [1.54, 1.807) is 14.2 Å². The van der Waals surface area contributed by atoms with Gasteiger partial charge in [-0.2, -0.15) is 0 Å². The summed E-state index contributed by atoms with van der Waals surface area (Å²) in [6.07, 6.45) is 2.81. The summed E-state index contributed by atoms with van der Waals surface area (Å²) < 4.78 is 16.3. The highest BCUT2D eigenvalue weighted by Gasteiger charge is 2.25. The van der Waals surface area contributed by atoms with E-state index < -0.39 is 0 Å². The second-order valence-corrected chi connectivity index (χ2v) is 7.80. The summed E-state index contributed by atoms with van der Waals surface area (Å²) in [4.78, 5) is 17.3. The lowest BCUT2D eigenvalue weighted by atomic mass is 9.95. The fourth-order valence-electron chi connectivity index (χ4n) is 4.16. The molecule has 3 rings (SSSR count). The molecule has 1 amide bonds. The number of nitrogens with zero attached hydrogens (tertiary/aromatic N) is 2. The van der Waals surface area contributed by atoms with Gasteiger partial charge in [0.05, 0.1) is 27.4 Å². The summed E-state index contributed by atoms with van der Waals surface area (Å²) >= 11 is 0. The zero-order valence-corrected chi connectivity index (χ0v) is 17.8. The number of likely N-dealkylation sites (tertiary alicyclic amines) is 1. The molecule has 2 aliphatic heterocycles. The van der Waals surface area contributed by atoms with Gasteiger partial charge >= 0.3 is 0 Å². The predicted molar refractivity (Wildman–Crippen MR) is 112 cm³/mol. The Morgan fingerprint density at radius 3 is 2.55 bits per heavy atom. The van der Waals surface area contributed by atoms with Crippen LogP contribution in [0.5, 0.6) is 11.5 Å². The number of benzene rings is 1. The van der Waals surface area contributed by atoms with Gasteiger partial charge in [0.1, 0.15) is 0 Å². The van der Waals surface area contributed by atoms with E-state index in [-0.39, 0.29) is 11.8 Å². The Kier molecular flexibility index (Phi) is 8.58. The predicted octanol–water partition coefficient (Wildman–Crippen LogP) is 1.75. The van der Waals surface area contributed by atoms with E-state index >= 15 is 0 Å². The Morgan fingerprint density at radius 1 is 1.10 bits per heavy atom. The molecule has 2 fully saturated rings. The van der Waals surface area contributed by atoms with Gasteiger partial charge < -0.3 is 19.5 Å². The monoisotopic (exact) mass is 405 g/mol. The van der Waals surface area contributed by atoms with Crippen molar-refractivity contribution >= 4 is 5.91 Å². The molecular formula is C22H35N3O4. The first-order valence-electron chi connectivity index (χ1n) is 10.7. The van der Waals surface area contributed by atoms with Crippen LogP contribution in [0, 0.1) is 5.92 Å². The average molecular weight is 406 g/mol. The third kappa shape index (κ3) is 6.32. The summed E-state index contributed by atoms with van der Waals surface area (Å²) in [6, 6.07) is 5.99. The van der Waals surface area contributed by atoms with Crippen LogP contribution >= 0.6 is 0 Å². The number of ether oxygens (including phenoxy) is 3. The molecule has 29 heavy (non-hydrogen) atoms. The molecule has 0 aromatic heterocycles. The Hall–Kier alpha value is -1.83. The van der Waals surface area contributed by atoms with Crippen LogP contribution in [0.15, 0.2) is 18.2 Å². The molecule has 0 radical (unpaired) electrons. The molecule has 2 saturated heterocycles. The summed E-state index contributed by atoms with van der Waals surface area (Å²) in [5.74, 6) is 1.90. The van der Waals surface area contributed by atoms with Crippen molar-refractivity contribution in [1.29, 1.82) is 0 Å². The van der Waals surface area contributed by atoms with Crippen LogP contribution in [-0.4, -0.2) is 82.4 Å². The molecule has 1 N–H and O–H groups in total. The number of morpholine rings is 1. The van der Waals surface area contributed by atoms with Gasteiger partial charge in [-0.15, -0.1) is 0 Å². The number of hydrogen-bond donors (Lipinski definition) is 1. The molecule has 1 aromatic rings. The van der Waals surface area contributed by atoms with Gasteiger partial charge in [-0.25, -0.2) is 0 Å². The van der Waals surface area contributed by atoms with Crippen molar-refractivity contribution < 1.29 is 19.0 Å². The zero-order valence-electron chi connectivity index (χ0n) is 17.8. The van der Waals surface area contributed by atoms with Crippen molar-refractivity contribution in [2.75, 3.05) is 66.7 Å². The topological polar surface area (TPSA) is 63.3 Å². The number of carbonyl (C=O) groups excluding carboxylic acids is 1. The van der Waals surface area contributed by atoms with Crippen molar-refractivity contribution in [3.63, 3.8) is 0 Å². The normalized spacial score (nSPS) is 19.1. The lowest BCUT2D eigenvalue weighted by Crippen LogP contribution is -2.41.